The second-order valence-electron chi connectivity index (χ2n) is 13.0. The van der Waals surface area contributed by atoms with Gasteiger partial charge in [0, 0.05) is 50.2 Å². The van der Waals surface area contributed by atoms with E-state index in [2.05, 4.69) is 40.5 Å². The van der Waals surface area contributed by atoms with E-state index in [4.69, 9.17) is 27.9 Å². The molecule has 1 atom stereocenters. The van der Waals surface area contributed by atoms with Gasteiger partial charge >= 0.3 is 6.03 Å². The molecule has 0 radical (unpaired) electrons. The highest BCUT2D eigenvalue weighted by Gasteiger charge is 2.42. The third kappa shape index (κ3) is 7.23. The van der Waals surface area contributed by atoms with E-state index >= 15 is 0 Å². The summed E-state index contributed by atoms with van der Waals surface area (Å²) in [5, 5.41) is 4.61. The summed E-state index contributed by atoms with van der Waals surface area (Å²) >= 11 is 13.4. The number of amides is 3. The van der Waals surface area contributed by atoms with Crippen LogP contribution in [-0.4, -0.2) is 85.7 Å². The lowest BCUT2D eigenvalue weighted by molar-refractivity contribution is 0.0476. The molecule has 3 aliphatic rings. The van der Waals surface area contributed by atoms with Crippen LogP contribution in [-0.2, 0) is 15.7 Å². The highest BCUT2D eigenvalue weighted by atomic mass is 35.5. The van der Waals surface area contributed by atoms with Gasteiger partial charge in [0.2, 0.25) is 0 Å². The number of hydrogen-bond donors (Lipinski definition) is 1. The SMILES string of the molecule is O=C(NC1(c2ccccc2)CCN(CCCC2(c3cccc(Cl)c3Cl)CCCN(C(=O)c3ccccc3)C2)CC1)N1CCOCC1. The minimum absolute atomic E-state index is 0.00662. The van der Waals surface area contributed by atoms with Gasteiger partial charge < -0.3 is 24.8 Å². The number of urea groups is 1. The van der Waals surface area contributed by atoms with Crippen LogP contribution in [0.15, 0.2) is 78.9 Å². The van der Waals surface area contributed by atoms with E-state index in [1.807, 2.05) is 58.3 Å². The molecule has 0 aromatic heterocycles. The number of halogens is 2. The highest BCUT2D eigenvalue weighted by Crippen LogP contribution is 2.44. The summed E-state index contributed by atoms with van der Waals surface area (Å²) < 4.78 is 5.47. The molecule has 0 bridgehead atoms. The van der Waals surface area contributed by atoms with Crippen molar-refractivity contribution in [3.8, 4) is 0 Å². The van der Waals surface area contributed by atoms with Crippen LogP contribution in [0.1, 0.15) is 60.0 Å². The van der Waals surface area contributed by atoms with Crippen LogP contribution in [0.25, 0.3) is 0 Å². The molecule has 3 heterocycles. The fourth-order valence-corrected chi connectivity index (χ4v) is 8.13. The molecule has 1 unspecified atom stereocenters. The molecule has 0 aliphatic carbocycles. The molecular weight excluding hydrogens is 619 g/mol. The van der Waals surface area contributed by atoms with Gasteiger partial charge in [-0.25, -0.2) is 4.79 Å². The van der Waals surface area contributed by atoms with Crippen molar-refractivity contribution < 1.29 is 14.3 Å². The quantitative estimate of drug-likeness (QED) is 0.283. The maximum absolute atomic E-state index is 13.6. The molecule has 6 rings (SSSR count). The number of hydrogen-bond acceptors (Lipinski definition) is 4. The molecule has 3 aromatic rings. The monoisotopic (exact) mass is 662 g/mol. The Balaban J connectivity index is 1.14. The number of benzene rings is 3. The first-order chi connectivity index (χ1) is 22.4. The number of carbonyl (C=O) groups excluding carboxylic acids is 2. The summed E-state index contributed by atoms with van der Waals surface area (Å²) in [6.07, 6.45) is 5.42. The smallest absolute Gasteiger partial charge is 0.318 e. The van der Waals surface area contributed by atoms with Crippen molar-refractivity contribution in [3.63, 3.8) is 0 Å². The highest BCUT2D eigenvalue weighted by molar-refractivity contribution is 6.42. The summed E-state index contributed by atoms with van der Waals surface area (Å²) in [7, 11) is 0. The van der Waals surface area contributed by atoms with E-state index in [0.29, 0.717) is 48.5 Å². The van der Waals surface area contributed by atoms with Crippen LogP contribution in [0, 0.1) is 0 Å². The van der Waals surface area contributed by atoms with Gasteiger partial charge in [0.05, 0.1) is 28.8 Å². The number of piperidine rings is 2. The number of rotatable bonds is 8. The van der Waals surface area contributed by atoms with Crippen molar-refractivity contribution in [1.29, 1.82) is 0 Å². The molecule has 0 saturated carbocycles. The standard InChI is InChI=1S/C37H44Cl2N4O3/c38-32-15-7-14-31(33(32)39)36(17-9-21-43(28-36)34(44)29-10-3-1-4-11-29)16-8-20-41-22-18-37(19-23-41,30-12-5-2-6-13-30)40-35(45)42-24-26-46-27-25-42/h1-7,10-15H,8-9,16-28H2,(H,40,45). The van der Waals surface area contributed by atoms with Gasteiger partial charge in [-0.05, 0) is 74.4 Å². The average molecular weight is 664 g/mol. The second kappa shape index (κ2) is 14.8. The normalized spacial score (nSPS) is 22.0. The van der Waals surface area contributed by atoms with Crippen LogP contribution in [0.2, 0.25) is 10.0 Å². The Kier molecular flexibility index (Phi) is 10.5. The fraction of sp³-hybridized carbons (Fsp3) is 0.459. The number of nitrogens with one attached hydrogen (secondary N) is 1. The molecule has 9 heteroatoms. The van der Waals surface area contributed by atoms with Crippen molar-refractivity contribution in [2.45, 2.75) is 49.5 Å². The van der Waals surface area contributed by atoms with Gasteiger partial charge in [-0.3, -0.25) is 4.79 Å². The van der Waals surface area contributed by atoms with Gasteiger partial charge in [-0.15, -0.1) is 0 Å². The minimum Gasteiger partial charge on any atom is -0.378 e. The van der Waals surface area contributed by atoms with E-state index < -0.39 is 5.54 Å². The Morgan fingerprint density at radius 2 is 1.48 bits per heavy atom. The molecule has 1 N–H and O–H groups in total. The fourth-order valence-electron chi connectivity index (χ4n) is 7.63. The predicted molar refractivity (Wildman–Crippen MR) is 184 cm³/mol. The van der Waals surface area contributed by atoms with Crippen molar-refractivity contribution in [3.05, 3.63) is 106 Å². The molecule has 3 aromatic carbocycles. The van der Waals surface area contributed by atoms with E-state index in [1.165, 1.54) is 0 Å². The predicted octanol–water partition coefficient (Wildman–Crippen LogP) is 6.98. The third-order valence-electron chi connectivity index (χ3n) is 10.2. The number of carbonyl (C=O) groups is 2. The minimum atomic E-state index is -0.398. The van der Waals surface area contributed by atoms with Crippen molar-refractivity contribution in [2.75, 3.05) is 59.0 Å². The number of nitrogens with zero attached hydrogens (tertiary/aromatic N) is 3. The van der Waals surface area contributed by atoms with Gasteiger partial charge in [0.25, 0.3) is 5.91 Å². The Bertz CT molecular complexity index is 1480. The van der Waals surface area contributed by atoms with Crippen LogP contribution >= 0.6 is 23.2 Å². The van der Waals surface area contributed by atoms with Crippen LogP contribution in [0.5, 0.6) is 0 Å². The van der Waals surface area contributed by atoms with Crippen molar-refractivity contribution in [1.82, 2.24) is 20.0 Å². The maximum atomic E-state index is 13.6. The first kappa shape index (κ1) is 32.8. The lowest BCUT2D eigenvalue weighted by atomic mass is 9.70. The molecule has 3 fully saturated rings. The summed E-state index contributed by atoms with van der Waals surface area (Å²) in [6, 6.07) is 25.9. The summed E-state index contributed by atoms with van der Waals surface area (Å²) in [5.41, 5.74) is 2.24. The first-order valence-electron chi connectivity index (χ1n) is 16.6. The lowest BCUT2D eigenvalue weighted by Crippen LogP contribution is -2.57. The molecule has 244 valence electrons. The van der Waals surface area contributed by atoms with Crippen LogP contribution < -0.4 is 5.32 Å². The maximum Gasteiger partial charge on any atom is 0.318 e. The molecule has 3 aliphatic heterocycles. The first-order valence-corrected chi connectivity index (χ1v) is 17.4. The van der Waals surface area contributed by atoms with Gasteiger partial charge in [-0.2, -0.15) is 0 Å². The van der Waals surface area contributed by atoms with Crippen molar-refractivity contribution >= 4 is 35.1 Å². The molecule has 3 amide bonds. The third-order valence-corrected chi connectivity index (χ3v) is 11.0. The van der Waals surface area contributed by atoms with Gasteiger partial charge in [0.1, 0.15) is 0 Å². The van der Waals surface area contributed by atoms with Crippen LogP contribution in [0.4, 0.5) is 4.79 Å². The van der Waals surface area contributed by atoms with Crippen LogP contribution in [0.3, 0.4) is 0 Å². The number of likely N-dealkylation sites (tertiary alicyclic amines) is 2. The molecule has 7 nitrogen and oxygen atoms in total. The summed E-state index contributed by atoms with van der Waals surface area (Å²) in [4.78, 5) is 33.3. The lowest BCUT2D eigenvalue weighted by Gasteiger charge is -2.45. The molecule has 3 saturated heterocycles. The Morgan fingerprint density at radius 3 is 2.20 bits per heavy atom. The largest absolute Gasteiger partial charge is 0.378 e. The van der Waals surface area contributed by atoms with Gasteiger partial charge in [0.15, 0.2) is 0 Å². The zero-order valence-electron chi connectivity index (χ0n) is 26.4. The zero-order valence-corrected chi connectivity index (χ0v) is 27.9. The van der Waals surface area contributed by atoms with E-state index in [0.717, 1.165) is 75.8 Å². The molecular formula is C37H44Cl2N4O3. The topological polar surface area (TPSA) is 65.1 Å². The summed E-state index contributed by atoms with van der Waals surface area (Å²) in [5.74, 6) is 0.0650. The Morgan fingerprint density at radius 1 is 0.783 bits per heavy atom. The second-order valence-corrected chi connectivity index (χ2v) is 13.8. The van der Waals surface area contributed by atoms with E-state index in [-0.39, 0.29) is 17.4 Å². The summed E-state index contributed by atoms with van der Waals surface area (Å²) in [6.45, 7) is 6.48. The number of morpholine rings is 1. The average Bonchev–Trinajstić information content (AvgIpc) is 3.11. The van der Waals surface area contributed by atoms with E-state index in [1.54, 1.807) is 0 Å². The zero-order chi connectivity index (χ0) is 32.0. The van der Waals surface area contributed by atoms with Crippen molar-refractivity contribution in [2.24, 2.45) is 0 Å². The molecule has 0 spiro atoms. The number of ether oxygens (including phenoxy) is 1. The van der Waals surface area contributed by atoms with Gasteiger partial charge in [-0.1, -0.05) is 83.9 Å². The molecule has 46 heavy (non-hydrogen) atoms. The Hall–Kier alpha value is -3.10. The Labute approximate surface area is 282 Å². The van der Waals surface area contributed by atoms with E-state index in [9.17, 15) is 9.59 Å².